The summed E-state index contributed by atoms with van der Waals surface area (Å²) in [5.74, 6) is 0.717. The lowest BCUT2D eigenvalue weighted by molar-refractivity contribution is 0.226. The van der Waals surface area contributed by atoms with Gasteiger partial charge >= 0.3 is 0 Å². The van der Waals surface area contributed by atoms with Gasteiger partial charge in [-0.2, -0.15) is 4.98 Å². The van der Waals surface area contributed by atoms with E-state index in [9.17, 15) is 0 Å². The Balaban J connectivity index is 1.76. The minimum Gasteiger partial charge on any atom is -0.349 e. The van der Waals surface area contributed by atoms with Gasteiger partial charge in [0.2, 0.25) is 5.95 Å². The molecule has 1 aliphatic heterocycles. The topological polar surface area (TPSA) is 45.5 Å². The maximum Gasteiger partial charge on any atom is 0.243 e. The summed E-state index contributed by atoms with van der Waals surface area (Å²) in [6, 6.07) is 4.38. The van der Waals surface area contributed by atoms with Crippen LogP contribution in [0.1, 0.15) is 19.8 Å². The lowest BCUT2D eigenvalue weighted by Gasteiger charge is -2.31. The number of anilines is 1. The zero-order chi connectivity index (χ0) is 13.2. The molecule has 0 amide bonds. The van der Waals surface area contributed by atoms with E-state index in [1.807, 2.05) is 18.3 Å². The maximum absolute atomic E-state index is 4.53. The number of nitrogens with one attached hydrogen (secondary N) is 1. The zero-order valence-electron chi connectivity index (χ0n) is 11.0. The van der Waals surface area contributed by atoms with Gasteiger partial charge in [0.15, 0.2) is 5.65 Å². The summed E-state index contributed by atoms with van der Waals surface area (Å²) in [4.78, 5) is 7.00. The molecule has 0 bridgehead atoms. The number of rotatable bonds is 3. The molecule has 1 unspecified atom stereocenters. The van der Waals surface area contributed by atoms with Crippen LogP contribution in [-0.2, 0) is 0 Å². The van der Waals surface area contributed by atoms with Crippen molar-refractivity contribution < 1.29 is 0 Å². The van der Waals surface area contributed by atoms with E-state index in [0.29, 0.717) is 6.04 Å². The van der Waals surface area contributed by atoms with Crippen molar-refractivity contribution in [1.29, 1.82) is 0 Å². The molecule has 102 valence electrons. The van der Waals surface area contributed by atoms with Gasteiger partial charge in [-0.05, 0) is 54.0 Å². The number of aromatic nitrogens is 3. The number of nitrogens with zero attached hydrogens (tertiary/aromatic N) is 4. The third-order valence-corrected chi connectivity index (χ3v) is 4.22. The van der Waals surface area contributed by atoms with Crippen molar-refractivity contribution in [2.45, 2.75) is 25.8 Å². The Morgan fingerprint density at radius 1 is 1.53 bits per heavy atom. The Bertz CT molecular complexity index is 567. The minimum absolute atomic E-state index is 0.449. The number of pyridine rings is 1. The number of likely N-dealkylation sites (tertiary alicyclic amines) is 1. The highest BCUT2D eigenvalue weighted by molar-refractivity contribution is 9.10. The van der Waals surface area contributed by atoms with Gasteiger partial charge in [-0.15, -0.1) is 5.10 Å². The summed E-state index contributed by atoms with van der Waals surface area (Å²) in [5.41, 5.74) is 0.855. The summed E-state index contributed by atoms with van der Waals surface area (Å²) in [7, 11) is 0. The van der Waals surface area contributed by atoms with E-state index in [0.717, 1.165) is 29.2 Å². The highest BCUT2D eigenvalue weighted by Crippen LogP contribution is 2.18. The molecule has 1 N–H and O–H groups in total. The lowest BCUT2D eigenvalue weighted by atomic mass is 10.1. The van der Waals surface area contributed by atoms with Gasteiger partial charge in [-0.1, -0.05) is 6.92 Å². The second-order valence-corrected chi connectivity index (χ2v) is 5.79. The van der Waals surface area contributed by atoms with Crippen molar-refractivity contribution in [2.75, 3.05) is 25.0 Å². The van der Waals surface area contributed by atoms with Crippen LogP contribution in [0.2, 0.25) is 0 Å². The number of halogens is 1. The van der Waals surface area contributed by atoms with E-state index in [-0.39, 0.29) is 0 Å². The molecule has 6 heteroatoms. The van der Waals surface area contributed by atoms with Crippen molar-refractivity contribution in [3.05, 3.63) is 22.8 Å². The van der Waals surface area contributed by atoms with E-state index in [1.165, 1.54) is 19.4 Å². The fourth-order valence-electron chi connectivity index (χ4n) is 2.58. The molecule has 1 atom stereocenters. The third kappa shape index (κ3) is 2.74. The summed E-state index contributed by atoms with van der Waals surface area (Å²) < 4.78 is 2.77. The van der Waals surface area contributed by atoms with Gasteiger partial charge in [0.1, 0.15) is 0 Å². The Hall–Kier alpha value is -1.14. The van der Waals surface area contributed by atoms with Crippen LogP contribution in [0.3, 0.4) is 0 Å². The second-order valence-electron chi connectivity index (χ2n) is 4.94. The van der Waals surface area contributed by atoms with E-state index >= 15 is 0 Å². The predicted octanol–water partition coefficient (Wildman–Crippen LogP) is 2.39. The number of hydrogen-bond donors (Lipinski definition) is 1. The molecule has 1 saturated heterocycles. The molecule has 3 heterocycles. The summed E-state index contributed by atoms with van der Waals surface area (Å²) in [6.45, 7) is 5.61. The number of piperidine rings is 1. The van der Waals surface area contributed by atoms with E-state index in [2.05, 4.69) is 43.2 Å². The highest BCUT2D eigenvalue weighted by Gasteiger charge is 2.19. The van der Waals surface area contributed by atoms with Crippen LogP contribution in [0.5, 0.6) is 0 Å². The average molecular weight is 324 g/mol. The van der Waals surface area contributed by atoms with E-state index in [4.69, 9.17) is 0 Å². The van der Waals surface area contributed by atoms with Crippen LogP contribution >= 0.6 is 15.9 Å². The fourth-order valence-corrected chi connectivity index (χ4v) is 3.00. The average Bonchev–Trinajstić information content (AvgIpc) is 2.83. The molecule has 0 aliphatic carbocycles. The van der Waals surface area contributed by atoms with Crippen LogP contribution < -0.4 is 5.32 Å². The zero-order valence-corrected chi connectivity index (χ0v) is 12.6. The molecular weight excluding hydrogens is 306 g/mol. The third-order valence-electron chi connectivity index (χ3n) is 3.60. The van der Waals surface area contributed by atoms with E-state index in [1.54, 1.807) is 4.52 Å². The van der Waals surface area contributed by atoms with Gasteiger partial charge in [0, 0.05) is 18.8 Å². The lowest BCUT2D eigenvalue weighted by Crippen LogP contribution is -2.42. The van der Waals surface area contributed by atoms with Gasteiger partial charge in [0.25, 0.3) is 0 Å². The predicted molar refractivity (Wildman–Crippen MR) is 79.4 cm³/mol. The van der Waals surface area contributed by atoms with Crippen LogP contribution in [-0.4, -0.2) is 45.2 Å². The van der Waals surface area contributed by atoms with E-state index < -0.39 is 0 Å². The standard InChI is InChI=1S/C13H18BrN5/c1-2-18-7-3-5-10(9-18)15-13-16-12-11(14)6-4-8-19(12)17-13/h4,6,8,10H,2-3,5,7,9H2,1H3,(H,15,17). The number of likely N-dealkylation sites (N-methyl/N-ethyl adjacent to an activating group) is 1. The van der Waals surface area contributed by atoms with Gasteiger partial charge < -0.3 is 10.2 Å². The van der Waals surface area contributed by atoms with Crippen LogP contribution in [0.15, 0.2) is 22.8 Å². The molecule has 5 nitrogen and oxygen atoms in total. The first-order chi connectivity index (χ1) is 9.26. The molecule has 19 heavy (non-hydrogen) atoms. The normalized spacial score (nSPS) is 20.8. The number of fused-ring (bicyclic) bond motifs is 1. The molecule has 2 aromatic rings. The maximum atomic E-state index is 4.53. The summed E-state index contributed by atoms with van der Waals surface area (Å²) in [5, 5.41) is 7.92. The van der Waals surface area contributed by atoms with Crippen LogP contribution in [0.25, 0.3) is 5.65 Å². The summed E-state index contributed by atoms with van der Waals surface area (Å²) in [6.07, 6.45) is 4.34. The van der Waals surface area contributed by atoms with Crippen molar-refractivity contribution in [3.8, 4) is 0 Å². The molecule has 1 fully saturated rings. The monoisotopic (exact) mass is 323 g/mol. The van der Waals surface area contributed by atoms with Crippen LogP contribution in [0, 0.1) is 0 Å². The molecule has 0 saturated carbocycles. The van der Waals surface area contributed by atoms with Crippen molar-refractivity contribution in [3.63, 3.8) is 0 Å². The first-order valence-corrected chi connectivity index (χ1v) is 7.55. The van der Waals surface area contributed by atoms with Crippen molar-refractivity contribution >= 4 is 27.5 Å². The van der Waals surface area contributed by atoms with Gasteiger partial charge in [-0.25, -0.2) is 4.52 Å². The second kappa shape index (κ2) is 5.46. The molecule has 0 spiro atoms. The molecular formula is C13H18BrN5. The first kappa shape index (κ1) is 12.9. The Morgan fingerprint density at radius 3 is 3.21 bits per heavy atom. The van der Waals surface area contributed by atoms with Crippen molar-refractivity contribution in [2.24, 2.45) is 0 Å². The largest absolute Gasteiger partial charge is 0.349 e. The van der Waals surface area contributed by atoms with Gasteiger partial charge in [-0.3, -0.25) is 0 Å². The van der Waals surface area contributed by atoms with Crippen molar-refractivity contribution in [1.82, 2.24) is 19.5 Å². The SMILES string of the molecule is CCN1CCCC(Nc2nc3c(Br)cccn3n2)C1. The molecule has 0 radical (unpaired) electrons. The molecule has 3 rings (SSSR count). The first-order valence-electron chi connectivity index (χ1n) is 6.76. The fraction of sp³-hybridized carbons (Fsp3) is 0.538. The van der Waals surface area contributed by atoms with Crippen LogP contribution in [0.4, 0.5) is 5.95 Å². The number of hydrogen-bond acceptors (Lipinski definition) is 4. The molecule has 0 aromatic carbocycles. The smallest absolute Gasteiger partial charge is 0.243 e. The minimum atomic E-state index is 0.449. The highest BCUT2D eigenvalue weighted by atomic mass is 79.9. The Labute approximate surface area is 121 Å². The van der Waals surface area contributed by atoms with Gasteiger partial charge in [0.05, 0.1) is 4.47 Å². The molecule has 1 aliphatic rings. The summed E-state index contributed by atoms with van der Waals surface area (Å²) >= 11 is 3.50. The molecule has 2 aromatic heterocycles. The Morgan fingerprint density at radius 2 is 2.42 bits per heavy atom. The quantitative estimate of drug-likeness (QED) is 0.942. The Kier molecular flexibility index (Phi) is 3.70.